The van der Waals surface area contributed by atoms with E-state index in [2.05, 4.69) is 15.9 Å². The number of hydrogen-bond acceptors (Lipinski definition) is 2. The summed E-state index contributed by atoms with van der Waals surface area (Å²) in [6.07, 6.45) is 0. The summed E-state index contributed by atoms with van der Waals surface area (Å²) >= 11 is 9.15. The van der Waals surface area contributed by atoms with Gasteiger partial charge in [-0.3, -0.25) is 0 Å². The standard InChI is InChI=1S/C15H23BrClNO2S/c1-11(2)9-18(10-12(3)4)21(19,20)15-6-5-13(8-17)7-14(15)16/h5-7,11-12H,8-10H2,1-4H3. The monoisotopic (exact) mass is 395 g/mol. The molecule has 0 fully saturated rings. The SMILES string of the molecule is CC(C)CN(CC(C)C)S(=O)(=O)c1ccc(CCl)cc1Br. The summed E-state index contributed by atoms with van der Waals surface area (Å²) in [5.74, 6) is 0.916. The van der Waals surface area contributed by atoms with Crippen molar-refractivity contribution < 1.29 is 8.42 Å². The Hall–Kier alpha value is -0.100. The first-order valence-corrected chi connectivity index (χ1v) is 9.79. The Balaban J connectivity index is 3.21. The quantitative estimate of drug-likeness (QED) is 0.637. The Labute approximate surface area is 141 Å². The molecule has 0 aliphatic rings. The smallest absolute Gasteiger partial charge is 0.207 e. The summed E-state index contributed by atoms with van der Waals surface area (Å²) in [5, 5.41) is 0. The lowest BCUT2D eigenvalue weighted by atomic mass is 10.2. The fraction of sp³-hybridized carbons (Fsp3) is 0.600. The van der Waals surface area contributed by atoms with E-state index >= 15 is 0 Å². The topological polar surface area (TPSA) is 37.4 Å². The minimum atomic E-state index is -3.50. The highest BCUT2D eigenvalue weighted by atomic mass is 79.9. The van der Waals surface area contributed by atoms with Gasteiger partial charge >= 0.3 is 0 Å². The van der Waals surface area contributed by atoms with Crippen molar-refractivity contribution in [1.29, 1.82) is 0 Å². The van der Waals surface area contributed by atoms with Gasteiger partial charge in [0.1, 0.15) is 0 Å². The number of alkyl halides is 1. The Bertz CT molecular complexity index is 563. The van der Waals surface area contributed by atoms with E-state index in [0.29, 0.717) is 28.3 Å². The van der Waals surface area contributed by atoms with Crippen molar-refractivity contribution in [2.75, 3.05) is 13.1 Å². The molecule has 0 N–H and O–H groups in total. The van der Waals surface area contributed by atoms with Crippen LogP contribution in [0, 0.1) is 11.8 Å². The van der Waals surface area contributed by atoms with Gasteiger partial charge in [-0.25, -0.2) is 8.42 Å². The van der Waals surface area contributed by atoms with Crippen molar-refractivity contribution in [1.82, 2.24) is 4.31 Å². The van der Waals surface area contributed by atoms with Crippen LogP contribution in [0.25, 0.3) is 0 Å². The minimum absolute atomic E-state index is 0.277. The van der Waals surface area contributed by atoms with Crippen LogP contribution in [0.4, 0.5) is 0 Å². The number of sulfonamides is 1. The van der Waals surface area contributed by atoms with Crippen LogP contribution in [0.3, 0.4) is 0 Å². The second kappa shape index (κ2) is 7.95. The molecule has 0 aliphatic carbocycles. The zero-order valence-electron chi connectivity index (χ0n) is 12.9. The van der Waals surface area contributed by atoms with E-state index < -0.39 is 10.0 Å². The molecule has 0 saturated carbocycles. The lowest BCUT2D eigenvalue weighted by molar-refractivity contribution is 0.333. The van der Waals surface area contributed by atoms with Crippen molar-refractivity contribution in [3.05, 3.63) is 28.2 Å². The van der Waals surface area contributed by atoms with Crippen LogP contribution in [-0.2, 0) is 15.9 Å². The first kappa shape index (κ1) is 18.9. The molecule has 0 spiro atoms. The number of rotatable bonds is 7. The van der Waals surface area contributed by atoms with Crippen molar-refractivity contribution in [2.45, 2.75) is 38.5 Å². The highest BCUT2D eigenvalue weighted by Gasteiger charge is 2.27. The normalized spacial score (nSPS) is 12.6. The molecule has 3 nitrogen and oxygen atoms in total. The van der Waals surface area contributed by atoms with E-state index in [0.717, 1.165) is 5.56 Å². The van der Waals surface area contributed by atoms with Gasteiger partial charge in [0, 0.05) is 23.4 Å². The van der Waals surface area contributed by atoms with Gasteiger partial charge in [-0.15, -0.1) is 11.6 Å². The maximum atomic E-state index is 12.9. The molecule has 1 aromatic rings. The molecule has 0 aliphatic heterocycles. The van der Waals surface area contributed by atoms with E-state index in [1.165, 1.54) is 0 Å². The molecule has 0 bridgehead atoms. The summed E-state index contributed by atoms with van der Waals surface area (Å²) < 4.78 is 27.9. The number of nitrogens with zero attached hydrogens (tertiary/aromatic N) is 1. The minimum Gasteiger partial charge on any atom is -0.207 e. The zero-order valence-corrected chi connectivity index (χ0v) is 16.1. The first-order valence-electron chi connectivity index (χ1n) is 7.03. The second-order valence-corrected chi connectivity index (χ2v) is 9.04. The number of halogens is 2. The van der Waals surface area contributed by atoms with Crippen LogP contribution in [0.1, 0.15) is 33.3 Å². The summed E-state index contributed by atoms with van der Waals surface area (Å²) in [4.78, 5) is 0.303. The van der Waals surface area contributed by atoms with Crippen LogP contribution in [-0.4, -0.2) is 25.8 Å². The number of benzene rings is 1. The molecule has 0 saturated heterocycles. The Kier molecular flexibility index (Phi) is 7.17. The predicted molar refractivity (Wildman–Crippen MR) is 92.1 cm³/mol. The molecule has 1 aromatic carbocycles. The molecule has 0 heterocycles. The Morgan fingerprint density at radius 2 is 1.67 bits per heavy atom. The van der Waals surface area contributed by atoms with Crippen molar-refractivity contribution in [2.24, 2.45) is 11.8 Å². The average Bonchev–Trinajstić information content (AvgIpc) is 2.36. The van der Waals surface area contributed by atoms with Crippen LogP contribution in [0.15, 0.2) is 27.6 Å². The summed E-state index contributed by atoms with van der Waals surface area (Å²) in [6, 6.07) is 5.15. The zero-order chi connectivity index (χ0) is 16.2. The van der Waals surface area contributed by atoms with Crippen LogP contribution < -0.4 is 0 Å². The fourth-order valence-electron chi connectivity index (χ4n) is 2.06. The summed E-state index contributed by atoms with van der Waals surface area (Å²) in [7, 11) is -3.50. The first-order chi connectivity index (χ1) is 9.68. The largest absolute Gasteiger partial charge is 0.244 e. The molecule has 0 unspecified atom stereocenters. The predicted octanol–water partition coefficient (Wildman–Crippen LogP) is 4.49. The maximum absolute atomic E-state index is 12.9. The molecule has 0 atom stereocenters. The second-order valence-electron chi connectivity index (χ2n) is 6.01. The van der Waals surface area contributed by atoms with Gasteiger partial charge in [-0.2, -0.15) is 4.31 Å². The van der Waals surface area contributed by atoms with Crippen molar-refractivity contribution >= 4 is 37.6 Å². The summed E-state index contributed by atoms with van der Waals surface area (Å²) in [5.41, 5.74) is 0.891. The lowest BCUT2D eigenvalue weighted by Crippen LogP contribution is -2.37. The third-order valence-electron chi connectivity index (χ3n) is 2.91. The molecule has 0 amide bonds. The molecule has 6 heteroatoms. The van der Waals surface area contributed by atoms with Gasteiger partial charge in [0.05, 0.1) is 4.90 Å². The van der Waals surface area contributed by atoms with E-state index in [1.807, 2.05) is 27.7 Å². The van der Waals surface area contributed by atoms with Crippen LogP contribution in [0.5, 0.6) is 0 Å². The third kappa shape index (κ3) is 5.23. The highest BCUT2D eigenvalue weighted by molar-refractivity contribution is 9.10. The van der Waals surface area contributed by atoms with E-state index in [1.54, 1.807) is 22.5 Å². The van der Waals surface area contributed by atoms with Crippen LogP contribution in [0.2, 0.25) is 0 Å². The molecule has 0 aromatic heterocycles. The third-order valence-corrected chi connectivity index (χ3v) is 6.02. The van der Waals surface area contributed by atoms with Gasteiger partial charge in [0.25, 0.3) is 0 Å². The van der Waals surface area contributed by atoms with Crippen molar-refractivity contribution in [3.63, 3.8) is 0 Å². The highest BCUT2D eigenvalue weighted by Crippen LogP contribution is 2.27. The summed E-state index contributed by atoms with van der Waals surface area (Å²) in [6.45, 7) is 9.13. The molecular weight excluding hydrogens is 374 g/mol. The molecule has 21 heavy (non-hydrogen) atoms. The molecule has 0 radical (unpaired) electrons. The Morgan fingerprint density at radius 1 is 1.14 bits per heavy atom. The van der Waals surface area contributed by atoms with Gasteiger partial charge in [-0.1, -0.05) is 33.8 Å². The Morgan fingerprint density at radius 3 is 2.05 bits per heavy atom. The van der Waals surface area contributed by atoms with Gasteiger partial charge in [-0.05, 0) is 45.5 Å². The lowest BCUT2D eigenvalue weighted by Gasteiger charge is -2.26. The van der Waals surface area contributed by atoms with E-state index in [4.69, 9.17) is 11.6 Å². The van der Waals surface area contributed by atoms with Gasteiger partial charge < -0.3 is 0 Å². The maximum Gasteiger partial charge on any atom is 0.244 e. The van der Waals surface area contributed by atoms with Gasteiger partial charge in [0.2, 0.25) is 10.0 Å². The molecule has 120 valence electrons. The molecular formula is C15H23BrClNO2S. The van der Waals surface area contributed by atoms with Gasteiger partial charge in [0.15, 0.2) is 0 Å². The van der Waals surface area contributed by atoms with E-state index in [9.17, 15) is 8.42 Å². The van der Waals surface area contributed by atoms with E-state index in [-0.39, 0.29) is 11.8 Å². The van der Waals surface area contributed by atoms with Crippen molar-refractivity contribution in [3.8, 4) is 0 Å². The number of hydrogen-bond donors (Lipinski definition) is 0. The molecule has 1 rings (SSSR count). The van der Waals surface area contributed by atoms with Crippen LogP contribution >= 0.6 is 27.5 Å². The fourth-order valence-corrected chi connectivity index (χ4v) is 5.08. The average molecular weight is 397 g/mol.